The number of nitrogens with one attached hydrogen (secondary N) is 1. The van der Waals surface area contributed by atoms with Gasteiger partial charge in [0, 0.05) is 17.8 Å². The van der Waals surface area contributed by atoms with Crippen molar-refractivity contribution in [3.63, 3.8) is 0 Å². The molecule has 1 N–H and O–H groups in total. The maximum atomic E-state index is 5.15. The van der Waals surface area contributed by atoms with E-state index in [0.717, 1.165) is 18.8 Å². The quantitative estimate of drug-likeness (QED) is 0.869. The second-order valence-corrected chi connectivity index (χ2v) is 6.54. The Morgan fingerprint density at radius 3 is 2.71 bits per heavy atom. The number of benzene rings is 1. The Morgan fingerprint density at radius 1 is 1.35 bits per heavy atom. The molecule has 1 fully saturated rings. The van der Waals surface area contributed by atoms with Crippen LogP contribution in [-0.4, -0.2) is 24.2 Å². The molecule has 1 heterocycles. The fourth-order valence-corrected chi connectivity index (χ4v) is 3.47. The number of hydrogen-bond acceptors (Lipinski definition) is 3. The van der Waals surface area contributed by atoms with Crippen LogP contribution in [0.25, 0.3) is 0 Å². The molecule has 0 spiro atoms. The molecule has 0 aromatic heterocycles. The van der Waals surface area contributed by atoms with E-state index in [1.807, 2.05) is 12.1 Å². The summed E-state index contributed by atoms with van der Waals surface area (Å²) in [6, 6.07) is 8.28. The number of thioether (sulfide) groups is 1. The van der Waals surface area contributed by atoms with E-state index >= 15 is 0 Å². The summed E-state index contributed by atoms with van der Waals surface area (Å²) >= 11 is 2.10. The van der Waals surface area contributed by atoms with Gasteiger partial charge in [-0.15, -0.1) is 0 Å². The Hall–Kier alpha value is -0.670. The minimum atomic E-state index is 0.451. The Bertz CT molecular complexity index is 344. The lowest BCUT2D eigenvalue weighted by Crippen LogP contribution is -2.32. The van der Waals surface area contributed by atoms with Gasteiger partial charge in [0.15, 0.2) is 0 Å². The fourth-order valence-electron chi connectivity index (χ4n) is 2.19. The standard InChI is InChI=1S/C14H21NOS/c1-14(8-3-9-17-14)11-15-10-12-4-6-13(16-2)7-5-12/h4-7,15H,3,8-11H2,1-2H3. The summed E-state index contributed by atoms with van der Waals surface area (Å²) < 4.78 is 5.60. The summed E-state index contributed by atoms with van der Waals surface area (Å²) in [5.41, 5.74) is 1.32. The summed E-state index contributed by atoms with van der Waals surface area (Å²) in [5.74, 6) is 2.24. The SMILES string of the molecule is COc1ccc(CNCC2(C)CCCS2)cc1. The zero-order valence-electron chi connectivity index (χ0n) is 10.7. The highest BCUT2D eigenvalue weighted by Gasteiger charge is 2.28. The number of hydrogen-bond donors (Lipinski definition) is 1. The number of methoxy groups -OCH3 is 1. The van der Waals surface area contributed by atoms with Gasteiger partial charge in [-0.25, -0.2) is 0 Å². The van der Waals surface area contributed by atoms with E-state index in [9.17, 15) is 0 Å². The van der Waals surface area contributed by atoms with Gasteiger partial charge in [0.05, 0.1) is 7.11 Å². The zero-order valence-corrected chi connectivity index (χ0v) is 11.5. The molecule has 94 valence electrons. The van der Waals surface area contributed by atoms with Crippen LogP contribution in [0.4, 0.5) is 0 Å². The van der Waals surface area contributed by atoms with E-state index in [0.29, 0.717) is 4.75 Å². The van der Waals surface area contributed by atoms with Gasteiger partial charge >= 0.3 is 0 Å². The first-order chi connectivity index (χ1) is 8.22. The van der Waals surface area contributed by atoms with E-state index in [1.54, 1.807) is 7.11 Å². The highest BCUT2D eigenvalue weighted by atomic mass is 32.2. The minimum absolute atomic E-state index is 0.451. The predicted octanol–water partition coefficient (Wildman–Crippen LogP) is 3.07. The summed E-state index contributed by atoms with van der Waals surface area (Å²) in [6.07, 6.45) is 2.71. The maximum absolute atomic E-state index is 5.15. The molecule has 1 aromatic carbocycles. The van der Waals surface area contributed by atoms with Crippen molar-refractivity contribution in [1.29, 1.82) is 0 Å². The third-order valence-corrected chi connectivity index (χ3v) is 4.83. The van der Waals surface area contributed by atoms with Gasteiger partial charge in [-0.05, 0) is 43.2 Å². The lowest BCUT2D eigenvalue weighted by molar-refractivity contribution is 0.414. The number of ether oxygens (including phenoxy) is 1. The predicted molar refractivity (Wildman–Crippen MR) is 74.8 cm³/mol. The highest BCUT2D eigenvalue weighted by Crippen LogP contribution is 2.36. The van der Waals surface area contributed by atoms with Gasteiger partial charge in [-0.3, -0.25) is 0 Å². The van der Waals surface area contributed by atoms with Crippen LogP contribution >= 0.6 is 11.8 Å². The van der Waals surface area contributed by atoms with Crippen molar-refractivity contribution in [3.8, 4) is 5.75 Å². The van der Waals surface area contributed by atoms with Gasteiger partial charge in [-0.1, -0.05) is 12.1 Å². The van der Waals surface area contributed by atoms with Crippen molar-refractivity contribution < 1.29 is 4.74 Å². The first-order valence-electron chi connectivity index (χ1n) is 6.19. The topological polar surface area (TPSA) is 21.3 Å². The van der Waals surface area contributed by atoms with Crippen molar-refractivity contribution in [3.05, 3.63) is 29.8 Å². The second kappa shape index (κ2) is 5.78. The van der Waals surface area contributed by atoms with E-state index < -0.39 is 0 Å². The van der Waals surface area contributed by atoms with Crippen LogP contribution in [0.2, 0.25) is 0 Å². The van der Waals surface area contributed by atoms with Gasteiger partial charge in [-0.2, -0.15) is 11.8 Å². The van der Waals surface area contributed by atoms with Gasteiger partial charge < -0.3 is 10.1 Å². The van der Waals surface area contributed by atoms with Crippen molar-refractivity contribution in [2.75, 3.05) is 19.4 Å². The number of rotatable bonds is 5. The Morgan fingerprint density at radius 2 is 2.12 bits per heavy atom. The molecule has 1 aliphatic rings. The molecule has 3 heteroatoms. The molecule has 0 bridgehead atoms. The minimum Gasteiger partial charge on any atom is -0.497 e. The molecule has 0 aliphatic carbocycles. The first-order valence-corrected chi connectivity index (χ1v) is 7.18. The molecule has 2 rings (SSSR count). The normalized spacial score (nSPS) is 23.9. The summed E-state index contributed by atoms with van der Waals surface area (Å²) in [6.45, 7) is 4.41. The molecular weight excluding hydrogens is 230 g/mol. The lowest BCUT2D eigenvalue weighted by atomic mass is 10.1. The van der Waals surface area contributed by atoms with E-state index in [2.05, 4.69) is 36.1 Å². The van der Waals surface area contributed by atoms with Crippen molar-refractivity contribution in [1.82, 2.24) is 5.32 Å². The maximum Gasteiger partial charge on any atom is 0.118 e. The molecule has 1 unspecified atom stereocenters. The molecule has 1 atom stereocenters. The molecule has 0 radical (unpaired) electrons. The van der Waals surface area contributed by atoms with Crippen LogP contribution in [-0.2, 0) is 6.54 Å². The summed E-state index contributed by atoms with van der Waals surface area (Å²) in [4.78, 5) is 0. The van der Waals surface area contributed by atoms with Gasteiger partial charge in [0.1, 0.15) is 5.75 Å². The van der Waals surface area contributed by atoms with Crippen LogP contribution in [0.5, 0.6) is 5.75 Å². The average Bonchev–Trinajstić information content (AvgIpc) is 2.77. The Balaban J connectivity index is 1.77. The zero-order chi connectivity index (χ0) is 12.1. The van der Waals surface area contributed by atoms with E-state index in [1.165, 1.54) is 24.2 Å². The highest BCUT2D eigenvalue weighted by molar-refractivity contribution is 8.00. The second-order valence-electron chi connectivity index (χ2n) is 4.85. The first kappa shape index (κ1) is 12.8. The smallest absolute Gasteiger partial charge is 0.118 e. The summed E-state index contributed by atoms with van der Waals surface area (Å²) in [5, 5.41) is 3.56. The lowest BCUT2D eigenvalue weighted by Gasteiger charge is -2.23. The van der Waals surface area contributed by atoms with Crippen molar-refractivity contribution in [2.24, 2.45) is 0 Å². The molecule has 0 saturated carbocycles. The largest absolute Gasteiger partial charge is 0.497 e. The Kier molecular flexibility index (Phi) is 4.35. The van der Waals surface area contributed by atoms with Crippen molar-refractivity contribution >= 4 is 11.8 Å². The van der Waals surface area contributed by atoms with Crippen molar-refractivity contribution in [2.45, 2.75) is 31.1 Å². The van der Waals surface area contributed by atoms with Crippen LogP contribution in [0.1, 0.15) is 25.3 Å². The van der Waals surface area contributed by atoms with Crippen LogP contribution in [0.15, 0.2) is 24.3 Å². The molecule has 1 aliphatic heterocycles. The van der Waals surface area contributed by atoms with Crippen LogP contribution in [0, 0.1) is 0 Å². The molecule has 2 nitrogen and oxygen atoms in total. The monoisotopic (exact) mass is 251 g/mol. The molecule has 1 saturated heterocycles. The van der Waals surface area contributed by atoms with Crippen LogP contribution in [0.3, 0.4) is 0 Å². The molecule has 17 heavy (non-hydrogen) atoms. The third-order valence-electron chi connectivity index (χ3n) is 3.29. The van der Waals surface area contributed by atoms with Crippen LogP contribution < -0.4 is 10.1 Å². The Labute approximate surface area is 108 Å². The van der Waals surface area contributed by atoms with Gasteiger partial charge in [0.25, 0.3) is 0 Å². The van der Waals surface area contributed by atoms with E-state index in [-0.39, 0.29) is 0 Å². The molecule has 0 amide bonds. The molecule has 1 aromatic rings. The van der Waals surface area contributed by atoms with Gasteiger partial charge in [0.2, 0.25) is 0 Å². The summed E-state index contributed by atoms with van der Waals surface area (Å²) in [7, 11) is 1.70. The molecular formula is C14H21NOS. The fraction of sp³-hybridized carbons (Fsp3) is 0.571. The van der Waals surface area contributed by atoms with E-state index in [4.69, 9.17) is 4.74 Å². The average molecular weight is 251 g/mol. The third kappa shape index (κ3) is 3.65.